The topological polar surface area (TPSA) is 16.1 Å². The monoisotopic (exact) mass is 570 g/mol. The summed E-state index contributed by atoms with van der Waals surface area (Å²) in [6.45, 7) is 4.69. The zero-order valence-corrected chi connectivity index (χ0v) is 25.0. The SMILES string of the molecule is CC1(C)c2ccccc2-c2ccc(N(c3ccc4nc(-c5ccccc5)sc4c3)c3ccccc3-c3ccccc3)cc21. The lowest BCUT2D eigenvalue weighted by atomic mass is 9.82. The Kier molecular flexibility index (Phi) is 6.02. The minimum Gasteiger partial charge on any atom is -0.310 e. The maximum atomic E-state index is 4.98. The van der Waals surface area contributed by atoms with E-state index in [0.717, 1.165) is 33.1 Å². The quantitative estimate of drug-likeness (QED) is 0.205. The number of rotatable bonds is 5. The van der Waals surface area contributed by atoms with E-state index < -0.39 is 0 Å². The van der Waals surface area contributed by atoms with Crippen molar-refractivity contribution in [2.24, 2.45) is 0 Å². The van der Waals surface area contributed by atoms with E-state index >= 15 is 0 Å². The van der Waals surface area contributed by atoms with Crippen molar-refractivity contribution in [3.05, 3.63) is 157 Å². The van der Waals surface area contributed by atoms with Crippen LogP contribution in [0.25, 0.3) is 43.0 Å². The van der Waals surface area contributed by atoms with Crippen LogP contribution in [0.1, 0.15) is 25.0 Å². The van der Waals surface area contributed by atoms with Crippen LogP contribution in [0.4, 0.5) is 17.1 Å². The van der Waals surface area contributed by atoms with E-state index in [1.165, 1.54) is 38.1 Å². The minimum absolute atomic E-state index is 0.0846. The summed E-state index contributed by atoms with van der Waals surface area (Å²) in [6.07, 6.45) is 0. The molecule has 0 fully saturated rings. The maximum Gasteiger partial charge on any atom is 0.124 e. The number of hydrogen-bond donors (Lipinski definition) is 0. The molecule has 1 aromatic heterocycles. The highest BCUT2D eigenvalue weighted by atomic mass is 32.1. The second-order valence-electron chi connectivity index (χ2n) is 11.7. The predicted molar refractivity (Wildman–Crippen MR) is 183 cm³/mol. The van der Waals surface area contributed by atoms with Gasteiger partial charge in [0.15, 0.2) is 0 Å². The fraction of sp³-hybridized carbons (Fsp3) is 0.0750. The number of aromatic nitrogens is 1. The summed E-state index contributed by atoms with van der Waals surface area (Å²) in [4.78, 5) is 7.40. The summed E-state index contributed by atoms with van der Waals surface area (Å²) in [7, 11) is 0. The molecule has 2 nitrogen and oxygen atoms in total. The van der Waals surface area contributed by atoms with E-state index in [1.807, 2.05) is 6.07 Å². The van der Waals surface area contributed by atoms with E-state index in [2.05, 4.69) is 158 Å². The van der Waals surface area contributed by atoms with Gasteiger partial charge in [0.25, 0.3) is 0 Å². The molecule has 7 aromatic rings. The molecule has 43 heavy (non-hydrogen) atoms. The predicted octanol–water partition coefficient (Wildman–Crippen LogP) is 11.4. The Morgan fingerprint density at radius 3 is 1.93 bits per heavy atom. The molecule has 0 saturated heterocycles. The standard InChI is InChI=1S/C40H30N2S/c1-40(2)34-19-11-9-18-32(34)33-23-21-29(25-35(33)40)42(37-20-12-10-17-31(37)27-13-5-3-6-14-27)30-22-24-36-38(26-30)43-39(41-36)28-15-7-4-8-16-28/h3-26H,1-2H3. The molecule has 1 heterocycles. The first kappa shape index (κ1) is 25.7. The molecule has 0 atom stereocenters. The van der Waals surface area contributed by atoms with Gasteiger partial charge in [0.05, 0.1) is 15.9 Å². The number of nitrogens with zero attached hydrogens (tertiary/aromatic N) is 2. The van der Waals surface area contributed by atoms with Crippen LogP contribution in [-0.4, -0.2) is 4.98 Å². The number of hydrogen-bond acceptors (Lipinski definition) is 3. The van der Waals surface area contributed by atoms with Gasteiger partial charge in [-0.2, -0.15) is 0 Å². The van der Waals surface area contributed by atoms with Gasteiger partial charge in [-0.25, -0.2) is 4.98 Å². The highest BCUT2D eigenvalue weighted by Crippen LogP contribution is 2.51. The molecule has 0 radical (unpaired) electrons. The minimum atomic E-state index is -0.0846. The first-order valence-electron chi connectivity index (χ1n) is 14.7. The number of thiazole rings is 1. The molecule has 3 heteroatoms. The van der Waals surface area contributed by atoms with Gasteiger partial charge in [0.2, 0.25) is 0 Å². The van der Waals surface area contributed by atoms with Gasteiger partial charge in [0.1, 0.15) is 5.01 Å². The molecule has 0 saturated carbocycles. The smallest absolute Gasteiger partial charge is 0.124 e. The van der Waals surface area contributed by atoms with Gasteiger partial charge < -0.3 is 4.90 Å². The highest BCUT2D eigenvalue weighted by molar-refractivity contribution is 7.21. The van der Waals surface area contributed by atoms with Crippen molar-refractivity contribution < 1.29 is 0 Å². The molecule has 8 rings (SSSR count). The molecule has 0 bridgehead atoms. The van der Waals surface area contributed by atoms with E-state index in [-0.39, 0.29) is 5.41 Å². The lowest BCUT2D eigenvalue weighted by Crippen LogP contribution is -2.16. The van der Waals surface area contributed by atoms with Crippen LogP contribution < -0.4 is 4.90 Å². The van der Waals surface area contributed by atoms with Crippen LogP contribution in [-0.2, 0) is 5.41 Å². The summed E-state index contributed by atoms with van der Waals surface area (Å²) in [5.74, 6) is 0. The molecular formula is C40H30N2S. The van der Waals surface area contributed by atoms with Crippen LogP contribution in [0.2, 0.25) is 0 Å². The number of anilines is 3. The molecule has 0 N–H and O–H groups in total. The summed E-state index contributed by atoms with van der Waals surface area (Å²) in [5.41, 5.74) is 13.3. The Morgan fingerprint density at radius 2 is 1.14 bits per heavy atom. The van der Waals surface area contributed by atoms with Crippen molar-refractivity contribution in [3.8, 4) is 32.8 Å². The summed E-state index contributed by atoms with van der Waals surface area (Å²) < 4.78 is 1.17. The number of benzene rings is 6. The van der Waals surface area contributed by atoms with Gasteiger partial charge in [-0.3, -0.25) is 0 Å². The normalized spacial score (nSPS) is 13.1. The Balaban J connectivity index is 1.33. The van der Waals surface area contributed by atoms with E-state index in [4.69, 9.17) is 4.98 Å². The molecule has 6 aromatic carbocycles. The van der Waals surface area contributed by atoms with Crippen LogP contribution >= 0.6 is 11.3 Å². The zero-order valence-electron chi connectivity index (χ0n) is 24.2. The second kappa shape index (κ2) is 10.1. The van der Waals surface area contributed by atoms with E-state index in [1.54, 1.807) is 11.3 Å². The van der Waals surface area contributed by atoms with Gasteiger partial charge in [-0.05, 0) is 64.2 Å². The van der Waals surface area contributed by atoms with Crippen molar-refractivity contribution in [2.75, 3.05) is 4.90 Å². The molecular weight excluding hydrogens is 541 g/mol. The fourth-order valence-electron chi connectivity index (χ4n) is 6.55. The van der Waals surface area contributed by atoms with Crippen LogP contribution in [0.3, 0.4) is 0 Å². The van der Waals surface area contributed by atoms with Crippen molar-refractivity contribution >= 4 is 38.6 Å². The van der Waals surface area contributed by atoms with E-state index in [9.17, 15) is 0 Å². The third-order valence-corrected chi connectivity index (χ3v) is 9.77. The second-order valence-corrected chi connectivity index (χ2v) is 12.7. The first-order chi connectivity index (χ1) is 21.1. The largest absolute Gasteiger partial charge is 0.310 e. The van der Waals surface area contributed by atoms with Crippen molar-refractivity contribution in [2.45, 2.75) is 19.3 Å². The lowest BCUT2D eigenvalue weighted by molar-refractivity contribution is 0.660. The molecule has 0 amide bonds. The fourth-order valence-corrected chi connectivity index (χ4v) is 7.55. The Morgan fingerprint density at radius 1 is 0.535 bits per heavy atom. The summed E-state index contributed by atoms with van der Waals surface area (Å²) in [6, 6.07) is 52.4. The molecule has 0 aliphatic heterocycles. The third kappa shape index (κ3) is 4.28. The van der Waals surface area contributed by atoms with Gasteiger partial charge in [-0.1, -0.05) is 123 Å². The van der Waals surface area contributed by atoms with Gasteiger partial charge in [0, 0.05) is 27.9 Å². The average Bonchev–Trinajstić information content (AvgIpc) is 3.59. The van der Waals surface area contributed by atoms with Crippen LogP contribution in [0, 0.1) is 0 Å². The summed E-state index contributed by atoms with van der Waals surface area (Å²) in [5, 5.41) is 1.04. The molecule has 0 spiro atoms. The number of fused-ring (bicyclic) bond motifs is 4. The van der Waals surface area contributed by atoms with Crippen molar-refractivity contribution in [1.82, 2.24) is 4.98 Å². The third-order valence-electron chi connectivity index (χ3n) is 8.71. The van der Waals surface area contributed by atoms with Crippen molar-refractivity contribution in [3.63, 3.8) is 0 Å². The molecule has 0 unspecified atom stereocenters. The lowest BCUT2D eigenvalue weighted by Gasteiger charge is -2.29. The van der Waals surface area contributed by atoms with Crippen LogP contribution in [0.5, 0.6) is 0 Å². The van der Waals surface area contributed by atoms with Crippen LogP contribution in [0.15, 0.2) is 146 Å². The molecule has 1 aliphatic carbocycles. The maximum absolute atomic E-state index is 4.98. The average molecular weight is 571 g/mol. The Labute approximate surface area is 256 Å². The number of para-hydroxylation sites is 1. The molecule has 1 aliphatic rings. The van der Waals surface area contributed by atoms with Gasteiger partial charge in [-0.15, -0.1) is 11.3 Å². The summed E-state index contributed by atoms with van der Waals surface area (Å²) >= 11 is 1.75. The zero-order chi connectivity index (χ0) is 29.0. The highest BCUT2D eigenvalue weighted by Gasteiger charge is 2.35. The Hall–Kier alpha value is -4.99. The van der Waals surface area contributed by atoms with Crippen molar-refractivity contribution in [1.29, 1.82) is 0 Å². The van der Waals surface area contributed by atoms with E-state index in [0.29, 0.717) is 0 Å². The first-order valence-corrected chi connectivity index (χ1v) is 15.5. The van der Waals surface area contributed by atoms with Gasteiger partial charge >= 0.3 is 0 Å². The molecule has 206 valence electrons. The Bertz CT molecular complexity index is 2110.